The summed E-state index contributed by atoms with van der Waals surface area (Å²) in [5.41, 5.74) is 3.43. The number of pyridine rings is 1. The molecule has 10 heteroatoms. The van der Waals surface area contributed by atoms with Crippen LogP contribution in [0.25, 0.3) is 0 Å². The van der Waals surface area contributed by atoms with Crippen molar-refractivity contribution in [3.8, 4) is 0 Å². The Kier molecular flexibility index (Phi) is 9.94. The summed E-state index contributed by atoms with van der Waals surface area (Å²) in [5.74, 6) is 0.307. The van der Waals surface area contributed by atoms with Gasteiger partial charge in [-0.3, -0.25) is 9.69 Å². The molecule has 1 aromatic heterocycles. The van der Waals surface area contributed by atoms with Crippen LogP contribution >= 0.6 is 0 Å². The molecule has 0 bridgehead atoms. The molecule has 3 atom stereocenters. The molecule has 0 spiro atoms. The van der Waals surface area contributed by atoms with Gasteiger partial charge in [0.25, 0.3) is 0 Å². The van der Waals surface area contributed by atoms with E-state index >= 15 is 0 Å². The number of likely N-dealkylation sites (tertiary alicyclic amines) is 1. The van der Waals surface area contributed by atoms with Crippen LogP contribution in [0.3, 0.4) is 0 Å². The molecule has 1 aromatic carbocycles. The van der Waals surface area contributed by atoms with E-state index in [4.69, 9.17) is 4.74 Å². The Bertz CT molecular complexity index is 1140. The molecular formula is C30H42F3N5O2. The smallest absolute Gasteiger partial charge is 0.381 e. The molecule has 2 aliphatic heterocycles. The van der Waals surface area contributed by atoms with E-state index in [-0.39, 0.29) is 30.5 Å². The summed E-state index contributed by atoms with van der Waals surface area (Å²) >= 11 is 0. The number of aromatic nitrogens is 1. The number of hydrogen-bond acceptors (Lipinski definition) is 6. The summed E-state index contributed by atoms with van der Waals surface area (Å²) < 4.78 is 44.7. The highest BCUT2D eigenvalue weighted by Gasteiger charge is 2.35. The second-order valence-electron chi connectivity index (χ2n) is 11.0. The molecule has 1 saturated heterocycles. The van der Waals surface area contributed by atoms with Gasteiger partial charge in [0, 0.05) is 43.6 Å². The number of anilines is 4. The van der Waals surface area contributed by atoms with Crippen molar-refractivity contribution in [1.29, 1.82) is 0 Å². The lowest BCUT2D eigenvalue weighted by Gasteiger charge is -2.33. The highest BCUT2D eigenvalue weighted by atomic mass is 19.4. The van der Waals surface area contributed by atoms with Crippen LogP contribution in [0.4, 0.5) is 36.1 Å². The maximum Gasteiger partial charge on any atom is 0.401 e. The summed E-state index contributed by atoms with van der Waals surface area (Å²) in [6, 6.07) is 10.2. The van der Waals surface area contributed by atoms with E-state index in [1.54, 1.807) is 13.3 Å². The number of ether oxygens (including phenoxy) is 1. The van der Waals surface area contributed by atoms with Crippen LogP contribution in [-0.4, -0.2) is 67.9 Å². The van der Waals surface area contributed by atoms with Crippen molar-refractivity contribution in [1.82, 2.24) is 9.88 Å². The maximum absolute atomic E-state index is 14.1. The molecule has 0 aliphatic carbocycles. The number of fused-ring (bicyclic) bond motifs is 2. The fourth-order valence-electron chi connectivity index (χ4n) is 5.90. The molecule has 2 aliphatic rings. The number of benzene rings is 1. The van der Waals surface area contributed by atoms with Crippen molar-refractivity contribution >= 4 is 28.8 Å². The second-order valence-corrected chi connectivity index (χ2v) is 11.0. The van der Waals surface area contributed by atoms with Gasteiger partial charge >= 0.3 is 6.18 Å². The second kappa shape index (κ2) is 13.2. The van der Waals surface area contributed by atoms with E-state index in [1.807, 2.05) is 23.1 Å². The molecule has 1 amide bonds. The average Bonchev–Trinajstić information content (AvgIpc) is 3.26. The number of nitrogens with one attached hydrogen (secondary N) is 1. The van der Waals surface area contributed by atoms with E-state index in [9.17, 15) is 18.0 Å². The average molecular weight is 562 g/mol. The molecule has 7 nitrogen and oxygen atoms in total. The molecule has 0 radical (unpaired) electrons. The quantitative estimate of drug-likeness (QED) is 0.384. The minimum atomic E-state index is -4.24. The first-order valence-electron chi connectivity index (χ1n) is 14.3. The van der Waals surface area contributed by atoms with Crippen molar-refractivity contribution in [3.63, 3.8) is 0 Å². The molecule has 220 valence electrons. The van der Waals surface area contributed by atoms with Gasteiger partial charge in [0.05, 0.1) is 30.6 Å². The zero-order valence-electron chi connectivity index (χ0n) is 24.0. The third kappa shape index (κ3) is 7.26. The molecule has 1 N–H and O–H groups in total. The topological polar surface area (TPSA) is 60.9 Å². The lowest BCUT2D eigenvalue weighted by molar-refractivity contribution is -0.145. The number of methoxy groups -OCH3 is 1. The van der Waals surface area contributed by atoms with Crippen LogP contribution in [0, 0.1) is 5.92 Å². The molecule has 40 heavy (non-hydrogen) atoms. The number of rotatable bonds is 9. The van der Waals surface area contributed by atoms with Crippen LogP contribution in [-0.2, 0) is 16.1 Å². The lowest BCUT2D eigenvalue weighted by Crippen LogP contribution is -2.38. The minimum absolute atomic E-state index is 0.0501. The van der Waals surface area contributed by atoms with Gasteiger partial charge in [-0.1, -0.05) is 19.9 Å². The van der Waals surface area contributed by atoms with Gasteiger partial charge in [0.1, 0.15) is 5.82 Å². The first-order chi connectivity index (χ1) is 19.1. The Morgan fingerprint density at radius 1 is 1.20 bits per heavy atom. The summed E-state index contributed by atoms with van der Waals surface area (Å²) in [7, 11) is 3.82. The van der Waals surface area contributed by atoms with E-state index in [2.05, 4.69) is 48.2 Å². The van der Waals surface area contributed by atoms with Crippen molar-refractivity contribution in [2.24, 2.45) is 5.92 Å². The third-order valence-electron chi connectivity index (χ3n) is 8.33. The Labute approximate surface area is 235 Å². The molecule has 0 saturated carbocycles. The number of halogens is 3. The summed E-state index contributed by atoms with van der Waals surface area (Å²) in [4.78, 5) is 24.1. The van der Waals surface area contributed by atoms with Crippen molar-refractivity contribution < 1.29 is 22.7 Å². The van der Waals surface area contributed by atoms with Crippen LogP contribution in [0.1, 0.15) is 57.9 Å². The summed E-state index contributed by atoms with van der Waals surface area (Å²) in [6.07, 6.45) is 1.95. The van der Waals surface area contributed by atoms with Crippen LogP contribution in [0.5, 0.6) is 0 Å². The minimum Gasteiger partial charge on any atom is -0.381 e. The van der Waals surface area contributed by atoms with Crippen molar-refractivity contribution in [2.45, 2.75) is 77.2 Å². The Morgan fingerprint density at radius 3 is 2.70 bits per heavy atom. The number of carbonyl (C=O) groups excluding carboxylic acids is 1. The predicted molar refractivity (Wildman–Crippen MR) is 153 cm³/mol. The van der Waals surface area contributed by atoms with Crippen LogP contribution in [0.15, 0.2) is 36.5 Å². The van der Waals surface area contributed by atoms with Crippen LogP contribution < -0.4 is 15.1 Å². The Hall–Kier alpha value is -2.85. The van der Waals surface area contributed by atoms with Gasteiger partial charge in [-0.2, -0.15) is 13.2 Å². The standard InChI is InChI=1S/C30H42F3N5O2/c1-5-23(17-25(6-2)40-4)36(3)24-11-12-26-27(18-24)38(19-22-9-7-14-34-28(22)35-26)29(39)21-10-8-15-37(16-13-21)20-30(31,32)33/h7,9,11-12,14,18,21,23,25H,5-6,8,10,13,15-17,19-20H2,1-4H3,(H,34,35)/t21?,23-,25-/m1/s1. The van der Waals surface area contributed by atoms with Crippen molar-refractivity contribution in [3.05, 3.63) is 42.1 Å². The van der Waals surface area contributed by atoms with Gasteiger partial charge < -0.3 is 19.9 Å². The van der Waals surface area contributed by atoms with Crippen LogP contribution in [0.2, 0.25) is 0 Å². The van der Waals surface area contributed by atoms with Gasteiger partial charge in [-0.05, 0) is 75.9 Å². The zero-order valence-corrected chi connectivity index (χ0v) is 24.0. The number of alkyl halides is 3. The largest absolute Gasteiger partial charge is 0.401 e. The Morgan fingerprint density at radius 2 is 2.00 bits per heavy atom. The summed E-state index contributed by atoms with van der Waals surface area (Å²) in [5, 5.41) is 3.42. The monoisotopic (exact) mass is 561 g/mol. The number of carbonyl (C=O) groups is 1. The SMILES string of the molecule is CC[C@H](C[C@@H](CC)N(C)c1ccc2c(c1)N(C(=O)C1CCCN(CC(F)(F)F)CC1)Cc1cccnc1N2)OC. The van der Waals surface area contributed by atoms with E-state index in [0.717, 1.165) is 41.9 Å². The molecule has 3 heterocycles. The third-order valence-corrected chi connectivity index (χ3v) is 8.33. The van der Waals surface area contributed by atoms with E-state index in [1.165, 1.54) is 4.90 Å². The fraction of sp³-hybridized carbons (Fsp3) is 0.600. The lowest BCUT2D eigenvalue weighted by atomic mass is 9.98. The zero-order chi connectivity index (χ0) is 28.9. The molecule has 2 aromatic rings. The molecule has 1 fully saturated rings. The van der Waals surface area contributed by atoms with Gasteiger partial charge in [0.15, 0.2) is 0 Å². The predicted octanol–water partition coefficient (Wildman–Crippen LogP) is 6.37. The Balaban J connectivity index is 1.63. The highest BCUT2D eigenvalue weighted by molar-refractivity contribution is 6.00. The van der Waals surface area contributed by atoms with Crippen molar-refractivity contribution in [2.75, 3.05) is 48.9 Å². The van der Waals surface area contributed by atoms with Gasteiger partial charge in [-0.15, -0.1) is 0 Å². The molecular weight excluding hydrogens is 519 g/mol. The molecule has 4 rings (SSSR count). The maximum atomic E-state index is 14.1. The first kappa shape index (κ1) is 30.1. The highest BCUT2D eigenvalue weighted by Crippen LogP contribution is 2.39. The van der Waals surface area contributed by atoms with E-state index < -0.39 is 12.7 Å². The van der Waals surface area contributed by atoms with Gasteiger partial charge in [0.2, 0.25) is 5.91 Å². The first-order valence-corrected chi connectivity index (χ1v) is 14.3. The number of hydrogen-bond donors (Lipinski definition) is 1. The van der Waals surface area contributed by atoms with E-state index in [0.29, 0.717) is 38.2 Å². The van der Waals surface area contributed by atoms with Gasteiger partial charge in [-0.25, -0.2) is 4.98 Å². The molecule has 1 unspecified atom stereocenters. The number of amides is 1. The number of nitrogens with zero attached hydrogens (tertiary/aromatic N) is 4. The normalized spacial score (nSPS) is 19.5. The fourth-order valence-corrected chi connectivity index (χ4v) is 5.90. The summed E-state index contributed by atoms with van der Waals surface area (Å²) in [6.45, 7) is 4.31.